The van der Waals surface area contributed by atoms with Crippen LogP contribution in [0.1, 0.15) is 73.1 Å². The SMILES string of the molecule is CCc1cccc(/C=N/N2C(=O)c3ccccc3C23c2ccc(N(CC)CC)cc2Oc2cc(N(CC)CC)ccc23)n1. The second kappa shape index (κ2) is 11.6. The average Bonchev–Trinajstić information content (AvgIpc) is 3.29. The average molecular weight is 574 g/mol. The van der Waals surface area contributed by atoms with Crippen molar-refractivity contribution < 1.29 is 9.53 Å². The lowest BCUT2D eigenvalue weighted by molar-refractivity contribution is 0.0675. The molecule has 6 rings (SSSR count). The molecular formula is C36H39N5O2. The summed E-state index contributed by atoms with van der Waals surface area (Å²) in [6.45, 7) is 14.2. The molecule has 2 aliphatic heterocycles. The van der Waals surface area contributed by atoms with Crippen molar-refractivity contribution in [3.8, 4) is 11.5 Å². The third-order valence-electron chi connectivity index (χ3n) is 8.74. The summed E-state index contributed by atoms with van der Waals surface area (Å²) in [5, 5.41) is 6.58. The molecule has 7 nitrogen and oxygen atoms in total. The zero-order valence-corrected chi connectivity index (χ0v) is 25.7. The number of fused-ring (bicyclic) bond motifs is 6. The zero-order valence-electron chi connectivity index (χ0n) is 25.7. The number of nitrogens with zero attached hydrogens (tertiary/aromatic N) is 5. The molecule has 220 valence electrons. The van der Waals surface area contributed by atoms with E-state index in [0.29, 0.717) is 11.3 Å². The minimum atomic E-state index is -1.01. The quantitative estimate of drug-likeness (QED) is 0.198. The van der Waals surface area contributed by atoms with Gasteiger partial charge in [0.2, 0.25) is 0 Å². The van der Waals surface area contributed by atoms with E-state index in [1.165, 1.54) is 0 Å². The van der Waals surface area contributed by atoms with Crippen molar-refractivity contribution in [1.29, 1.82) is 0 Å². The Morgan fingerprint density at radius 2 is 1.37 bits per heavy atom. The van der Waals surface area contributed by atoms with Crippen molar-refractivity contribution in [3.63, 3.8) is 0 Å². The number of carbonyl (C=O) groups is 1. The van der Waals surface area contributed by atoms with Crippen molar-refractivity contribution in [2.75, 3.05) is 36.0 Å². The summed E-state index contributed by atoms with van der Waals surface area (Å²) in [6, 6.07) is 26.5. The Morgan fingerprint density at radius 1 is 0.767 bits per heavy atom. The van der Waals surface area contributed by atoms with Gasteiger partial charge >= 0.3 is 0 Å². The highest BCUT2D eigenvalue weighted by Gasteiger charge is 2.57. The zero-order chi connectivity index (χ0) is 30.1. The number of anilines is 2. The van der Waals surface area contributed by atoms with Crippen LogP contribution in [0.15, 0.2) is 84.0 Å². The van der Waals surface area contributed by atoms with Crippen LogP contribution in [0.4, 0.5) is 11.4 Å². The molecule has 2 aliphatic rings. The minimum Gasteiger partial charge on any atom is -0.456 e. The monoisotopic (exact) mass is 573 g/mol. The molecule has 4 aromatic rings. The molecule has 43 heavy (non-hydrogen) atoms. The molecule has 0 unspecified atom stereocenters. The van der Waals surface area contributed by atoms with Gasteiger partial charge in [-0.15, -0.1) is 0 Å². The van der Waals surface area contributed by atoms with Gasteiger partial charge in [0.05, 0.1) is 11.9 Å². The number of aryl methyl sites for hydroxylation is 1. The van der Waals surface area contributed by atoms with E-state index in [1.807, 2.05) is 42.5 Å². The minimum absolute atomic E-state index is 0.155. The van der Waals surface area contributed by atoms with Crippen LogP contribution in [-0.4, -0.2) is 48.3 Å². The maximum Gasteiger partial charge on any atom is 0.275 e. The molecule has 1 aromatic heterocycles. The Kier molecular flexibility index (Phi) is 7.65. The van der Waals surface area contributed by atoms with Gasteiger partial charge in [-0.1, -0.05) is 43.3 Å². The van der Waals surface area contributed by atoms with Gasteiger partial charge in [0.15, 0.2) is 0 Å². The molecule has 1 spiro atoms. The molecule has 1 amide bonds. The predicted octanol–water partition coefficient (Wildman–Crippen LogP) is 7.22. The van der Waals surface area contributed by atoms with Gasteiger partial charge < -0.3 is 14.5 Å². The van der Waals surface area contributed by atoms with Gasteiger partial charge in [-0.25, -0.2) is 5.01 Å². The number of pyridine rings is 1. The molecule has 0 aliphatic carbocycles. The third-order valence-corrected chi connectivity index (χ3v) is 8.74. The topological polar surface area (TPSA) is 61.3 Å². The number of hydrazone groups is 1. The van der Waals surface area contributed by atoms with Crippen LogP contribution in [0, 0.1) is 0 Å². The lowest BCUT2D eigenvalue weighted by atomic mass is 9.75. The number of hydrogen-bond donors (Lipinski definition) is 0. The van der Waals surface area contributed by atoms with Crippen molar-refractivity contribution in [3.05, 3.63) is 113 Å². The van der Waals surface area contributed by atoms with Crippen molar-refractivity contribution >= 4 is 23.5 Å². The van der Waals surface area contributed by atoms with E-state index in [2.05, 4.69) is 80.8 Å². The molecule has 0 saturated heterocycles. The smallest absolute Gasteiger partial charge is 0.275 e. The van der Waals surface area contributed by atoms with E-state index in [-0.39, 0.29) is 5.91 Å². The maximum atomic E-state index is 14.3. The van der Waals surface area contributed by atoms with Crippen LogP contribution in [0.3, 0.4) is 0 Å². The van der Waals surface area contributed by atoms with Crippen LogP contribution in [0.25, 0.3) is 0 Å². The number of aromatic nitrogens is 1. The highest BCUT2D eigenvalue weighted by atomic mass is 16.5. The van der Waals surface area contributed by atoms with Crippen molar-refractivity contribution in [2.45, 2.75) is 46.6 Å². The fourth-order valence-electron chi connectivity index (χ4n) is 6.53. The maximum absolute atomic E-state index is 14.3. The van der Waals surface area contributed by atoms with Crippen LogP contribution in [0.5, 0.6) is 11.5 Å². The van der Waals surface area contributed by atoms with Gasteiger partial charge in [0.25, 0.3) is 5.91 Å². The van der Waals surface area contributed by atoms with E-state index in [1.54, 1.807) is 11.2 Å². The predicted molar refractivity (Wildman–Crippen MR) is 174 cm³/mol. The first-order valence-electron chi connectivity index (χ1n) is 15.4. The standard InChI is InChI=1S/C36H39N5O2/c1-6-25-14-13-15-26(38-25)24-37-41-35(42)29-16-11-12-17-30(29)36(41)31-20-18-27(39(7-2)8-3)22-33(31)43-34-23-28(19-21-32(34)36)40(9-4)10-5/h11-24H,6-10H2,1-5H3/b37-24+. The molecule has 3 aromatic carbocycles. The van der Waals surface area contributed by atoms with E-state index in [4.69, 9.17) is 14.8 Å². The van der Waals surface area contributed by atoms with E-state index in [0.717, 1.165) is 77.9 Å². The van der Waals surface area contributed by atoms with Crippen LogP contribution in [0.2, 0.25) is 0 Å². The van der Waals surface area contributed by atoms with E-state index < -0.39 is 5.54 Å². The van der Waals surface area contributed by atoms with Gasteiger partial charge in [-0.3, -0.25) is 9.78 Å². The molecule has 0 saturated carbocycles. The molecule has 0 fully saturated rings. The lowest BCUT2D eigenvalue weighted by Crippen LogP contribution is -2.44. The normalized spacial score (nSPS) is 14.4. The Hall–Kier alpha value is -4.65. The largest absolute Gasteiger partial charge is 0.456 e. The number of ether oxygens (including phenoxy) is 1. The Morgan fingerprint density at radius 3 is 1.95 bits per heavy atom. The number of carbonyl (C=O) groups excluding carboxylic acids is 1. The molecule has 0 atom stereocenters. The number of rotatable bonds is 9. The van der Waals surface area contributed by atoms with Gasteiger partial charge in [0, 0.05) is 77.6 Å². The number of benzene rings is 3. The summed E-state index contributed by atoms with van der Waals surface area (Å²) >= 11 is 0. The highest BCUT2D eigenvalue weighted by molar-refractivity contribution is 6.02. The molecule has 0 bridgehead atoms. The van der Waals surface area contributed by atoms with Crippen LogP contribution < -0.4 is 14.5 Å². The van der Waals surface area contributed by atoms with Crippen molar-refractivity contribution in [2.24, 2.45) is 5.10 Å². The summed E-state index contributed by atoms with van der Waals surface area (Å²) in [7, 11) is 0. The highest BCUT2D eigenvalue weighted by Crippen LogP contribution is 2.58. The number of hydrogen-bond acceptors (Lipinski definition) is 6. The van der Waals surface area contributed by atoms with Gasteiger partial charge in [0.1, 0.15) is 17.0 Å². The fraction of sp³-hybridized carbons (Fsp3) is 0.306. The van der Waals surface area contributed by atoms with Crippen molar-refractivity contribution in [1.82, 2.24) is 9.99 Å². The van der Waals surface area contributed by atoms with E-state index >= 15 is 0 Å². The molecular weight excluding hydrogens is 534 g/mol. The van der Waals surface area contributed by atoms with Crippen LogP contribution >= 0.6 is 0 Å². The Balaban J connectivity index is 1.63. The molecule has 3 heterocycles. The van der Waals surface area contributed by atoms with E-state index in [9.17, 15) is 4.79 Å². The second-order valence-corrected chi connectivity index (χ2v) is 10.8. The summed E-state index contributed by atoms with van der Waals surface area (Å²) < 4.78 is 6.76. The third kappa shape index (κ3) is 4.54. The Bertz CT molecular complexity index is 1630. The first-order chi connectivity index (χ1) is 21.0. The summed E-state index contributed by atoms with van der Waals surface area (Å²) in [6.07, 6.45) is 2.52. The first kappa shape index (κ1) is 28.5. The second-order valence-electron chi connectivity index (χ2n) is 10.8. The fourth-order valence-corrected chi connectivity index (χ4v) is 6.53. The van der Waals surface area contributed by atoms with Gasteiger partial charge in [-0.2, -0.15) is 5.10 Å². The molecule has 0 radical (unpaired) electrons. The summed E-state index contributed by atoms with van der Waals surface area (Å²) in [5.41, 5.74) is 6.13. The molecule has 7 heteroatoms. The summed E-state index contributed by atoms with van der Waals surface area (Å²) in [4.78, 5) is 23.6. The Labute approximate surface area is 254 Å². The lowest BCUT2D eigenvalue weighted by Gasteiger charge is -2.42. The molecule has 0 N–H and O–H groups in total. The van der Waals surface area contributed by atoms with Crippen LogP contribution in [-0.2, 0) is 12.0 Å². The number of amides is 1. The summed E-state index contributed by atoms with van der Waals surface area (Å²) in [5.74, 6) is 1.30. The van der Waals surface area contributed by atoms with Gasteiger partial charge in [-0.05, 0) is 64.4 Å². The first-order valence-corrected chi connectivity index (χ1v) is 15.4.